The van der Waals surface area contributed by atoms with Crippen molar-refractivity contribution < 1.29 is 8.42 Å². The molecule has 3 N–H and O–H groups in total. The van der Waals surface area contributed by atoms with E-state index in [-0.39, 0.29) is 5.75 Å². The molecule has 0 saturated heterocycles. The number of hydrogen-bond donors (Lipinski definition) is 3. The number of rotatable bonds is 14. The van der Waals surface area contributed by atoms with Gasteiger partial charge in [0.05, 0.1) is 5.75 Å². The highest BCUT2D eigenvalue weighted by Crippen LogP contribution is 1.99. The number of sulfonamides is 1. The largest absolute Gasteiger partial charge is 0.357 e. The summed E-state index contributed by atoms with van der Waals surface area (Å²) in [5.41, 5.74) is 0. The number of guanidine groups is 1. The van der Waals surface area contributed by atoms with Crippen LogP contribution in [0.25, 0.3) is 0 Å². The molecule has 0 aliphatic carbocycles. The van der Waals surface area contributed by atoms with Gasteiger partial charge in [-0.05, 0) is 59.7 Å². The fourth-order valence-corrected chi connectivity index (χ4v) is 3.05. The second-order valence-corrected chi connectivity index (χ2v) is 8.22. The van der Waals surface area contributed by atoms with Crippen molar-refractivity contribution in [2.45, 2.75) is 59.9 Å². The summed E-state index contributed by atoms with van der Waals surface area (Å²) >= 11 is 0. The molecule has 0 saturated carbocycles. The van der Waals surface area contributed by atoms with E-state index in [2.05, 4.69) is 46.0 Å². The molecule has 0 aliphatic heterocycles. The Hall–Kier alpha value is -0.860. The Balaban J connectivity index is 4.16. The van der Waals surface area contributed by atoms with E-state index in [0.717, 1.165) is 45.0 Å². The Morgan fingerprint density at radius 3 is 2.36 bits per heavy atom. The molecule has 0 aromatic carbocycles. The van der Waals surface area contributed by atoms with Gasteiger partial charge in [-0.2, -0.15) is 0 Å². The van der Waals surface area contributed by atoms with Gasteiger partial charge < -0.3 is 15.5 Å². The van der Waals surface area contributed by atoms with E-state index in [1.165, 1.54) is 0 Å². The highest BCUT2D eigenvalue weighted by atomic mass is 32.2. The maximum absolute atomic E-state index is 11.4. The van der Waals surface area contributed by atoms with E-state index in [4.69, 9.17) is 0 Å². The highest BCUT2D eigenvalue weighted by Gasteiger charge is 2.07. The highest BCUT2D eigenvalue weighted by molar-refractivity contribution is 7.89. The molecule has 0 aromatic rings. The van der Waals surface area contributed by atoms with E-state index < -0.39 is 10.0 Å². The maximum Gasteiger partial charge on any atom is 0.211 e. The van der Waals surface area contributed by atoms with E-state index >= 15 is 0 Å². The Labute approximate surface area is 155 Å². The number of nitrogens with one attached hydrogen (secondary N) is 3. The molecule has 0 amide bonds. The van der Waals surface area contributed by atoms with Crippen LogP contribution in [0.4, 0.5) is 0 Å². The van der Waals surface area contributed by atoms with Crippen LogP contribution in [0.1, 0.15) is 53.9 Å². The van der Waals surface area contributed by atoms with Crippen molar-refractivity contribution in [3.05, 3.63) is 0 Å². The Morgan fingerprint density at radius 1 is 1.12 bits per heavy atom. The molecule has 7 nitrogen and oxygen atoms in total. The molecular formula is C17H39N5O2S. The van der Waals surface area contributed by atoms with Gasteiger partial charge in [0.25, 0.3) is 0 Å². The predicted molar refractivity (Wildman–Crippen MR) is 108 cm³/mol. The minimum atomic E-state index is -3.11. The number of hydrogen-bond acceptors (Lipinski definition) is 4. The molecule has 0 aromatic heterocycles. The molecule has 1 atom stereocenters. The average Bonchev–Trinajstić information content (AvgIpc) is 2.58. The van der Waals surface area contributed by atoms with Crippen LogP contribution >= 0.6 is 0 Å². The number of nitrogens with zero attached hydrogens (tertiary/aromatic N) is 2. The summed E-state index contributed by atoms with van der Waals surface area (Å²) in [6.45, 7) is 15.4. The molecule has 0 fully saturated rings. The van der Waals surface area contributed by atoms with Crippen LogP contribution < -0.4 is 15.4 Å². The zero-order valence-electron chi connectivity index (χ0n) is 16.8. The van der Waals surface area contributed by atoms with E-state index in [0.29, 0.717) is 25.6 Å². The minimum absolute atomic E-state index is 0.117. The van der Waals surface area contributed by atoms with Crippen molar-refractivity contribution in [3.63, 3.8) is 0 Å². The van der Waals surface area contributed by atoms with Crippen molar-refractivity contribution in [1.29, 1.82) is 0 Å². The van der Waals surface area contributed by atoms with E-state index in [1.54, 1.807) is 6.92 Å². The summed E-state index contributed by atoms with van der Waals surface area (Å²) in [7, 11) is -3.11. The zero-order chi connectivity index (χ0) is 19.1. The monoisotopic (exact) mass is 377 g/mol. The van der Waals surface area contributed by atoms with Crippen LogP contribution in [0.2, 0.25) is 0 Å². The normalized spacial score (nSPS) is 13.9. The van der Waals surface area contributed by atoms with Crippen LogP contribution in [0.5, 0.6) is 0 Å². The second-order valence-electron chi connectivity index (χ2n) is 6.13. The molecule has 8 heteroatoms. The van der Waals surface area contributed by atoms with Crippen LogP contribution in [0.3, 0.4) is 0 Å². The van der Waals surface area contributed by atoms with Crippen molar-refractivity contribution in [2.24, 2.45) is 4.99 Å². The van der Waals surface area contributed by atoms with Gasteiger partial charge in [-0.15, -0.1) is 0 Å². The first-order chi connectivity index (χ1) is 11.9. The lowest BCUT2D eigenvalue weighted by Gasteiger charge is -2.21. The first-order valence-electron chi connectivity index (χ1n) is 9.62. The molecule has 1 unspecified atom stereocenters. The van der Waals surface area contributed by atoms with Crippen LogP contribution in [0.15, 0.2) is 4.99 Å². The lowest BCUT2D eigenvalue weighted by Crippen LogP contribution is -2.42. The van der Waals surface area contributed by atoms with Crippen molar-refractivity contribution in [1.82, 2.24) is 20.3 Å². The predicted octanol–water partition coefficient (Wildman–Crippen LogP) is 1.38. The van der Waals surface area contributed by atoms with Gasteiger partial charge in [0, 0.05) is 25.7 Å². The van der Waals surface area contributed by atoms with E-state index in [1.807, 2.05) is 6.92 Å². The third-order valence-corrected chi connectivity index (χ3v) is 5.44. The third kappa shape index (κ3) is 13.1. The summed E-state index contributed by atoms with van der Waals surface area (Å²) in [6.07, 6.45) is 2.94. The number of aliphatic imine (C=N–C) groups is 1. The van der Waals surface area contributed by atoms with Crippen LogP contribution in [-0.4, -0.2) is 70.3 Å². The summed E-state index contributed by atoms with van der Waals surface area (Å²) in [5.74, 6) is 0.919. The third-order valence-electron chi connectivity index (χ3n) is 4.04. The van der Waals surface area contributed by atoms with Crippen LogP contribution in [-0.2, 0) is 10.0 Å². The van der Waals surface area contributed by atoms with Gasteiger partial charge in [-0.25, -0.2) is 13.1 Å². The summed E-state index contributed by atoms with van der Waals surface area (Å²) < 4.78 is 25.3. The van der Waals surface area contributed by atoms with Gasteiger partial charge >= 0.3 is 0 Å². The molecule has 0 bridgehead atoms. The van der Waals surface area contributed by atoms with Crippen molar-refractivity contribution >= 4 is 16.0 Å². The second kappa shape index (κ2) is 14.3. The molecular weight excluding hydrogens is 338 g/mol. The maximum atomic E-state index is 11.4. The SMILES string of the molecule is CCNC(=NCCCNS(=O)(=O)CC)NC(C)CCCN(CC)CC. The van der Waals surface area contributed by atoms with Crippen LogP contribution in [0, 0.1) is 0 Å². The molecule has 25 heavy (non-hydrogen) atoms. The quantitative estimate of drug-likeness (QED) is 0.242. The fraction of sp³-hybridized carbons (Fsp3) is 0.941. The zero-order valence-corrected chi connectivity index (χ0v) is 17.6. The fourth-order valence-electron chi connectivity index (χ4n) is 2.39. The lowest BCUT2D eigenvalue weighted by molar-refractivity contribution is 0.292. The molecule has 0 aliphatic rings. The summed E-state index contributed by atoms with van der Waals surface area (Å²) in [5, 5.41) is 6.67. The van der Waals surface area contributed by atoms with Gasteiger partial charge in [0.2, 0.25) is 10.0 Å². The Bertz CT molecular complexity index is 450. The van der Waals surface area contributed by atoms with Crippen molar-refractivity contribution in [2.75, 3.05) is 45.0 Å². The van der Waals surface area contributed by atoms with Gasteiger partial charge in [0.1, 0.15) is 0 Å². The van der Waals surface area contributed by atoms with Crippen molar-refractivity contribution in [3.8, 4) is 0 Å². The summed E-state index contributed by atoms with van der Waals surface area (Å²) in [6, 6.07) is 0.354. The van der Waals surface area contributed by atoms with Gasteiger partial charge in [-0.1, -0.05) is 13.8 Å². The first kappa shape index (κ1) is 24.1. The molecule has 0 heterocycles. The molecule has 0 spiro atoms. The minimum Gasteiger partial charge on any atom is -0.357 e. The lowest BCUT2D eigenvalue weighted by atomic mass is 10.2. The molecule has 0 radical (unpaired) electrons. The molecule has 150 valence electrons. The summed E-state index contributed by atoms with van der Waals surface area (Å²) in [4.78, 5) is 6.96. The Kier molecular flexibility index (Phi) is 13.8. The topological polar surface area (TPSA) is 85.8 Å². The standard InChI is InChI=1S/C17H39N5O2S/c1-6-18-17(19-13-11-14-20-25(23,24)9-4)21-16(5)12-10-15-22(7-2)8-3/h16,20H,6-15H2,1-5H3,(H2,18,19,21). The smallest absolute Gasteiger partial charge is 0.211 e. The molecule has 0 rings (SSSR count). The van der Waals surface area contributed by atoms with Gasteiger partial charge in [0.15, 0.2) is 5.96 Å². The Morgan fingerprint density at radius 2 is 1.80 bits per heavy atom. The average molecular weight is 378 g/mol. The first-order valence-corrected chi connectivity index (χ1v) is 11.3. The van der Waals surface area contributed by atoms with E-state index in [9.17, 15) is 8.42 Å². The van der Waals surface area contributed by atoms with Gasteiger partial charge in [-0.3, -0.25) is 4.99 Å².